The van der Waals surface area contributed by atoms with Gasteiger partial charge in [-0.3, -0.25) is 0 Å². The van der Waals surface area contributed by atoms with Crippen molar-refractivity contribution >= 4 is 0 Å². The van der Waals surface area contributed by atoms with Gasteiger partial charge in [-0.2, -0.15) is 0 Å². The maximum Gasteiger partial charge on any atom is 0.125 e. The van der Waals surface area contributed by atoms with Crippen LogP contribution in [0.1, 0.15) is 25.5 Å². The highest BCUT2D eigenvalue weighted by molar-refractivity contribution is 5.44. The predicted molar refractivity (Wildman–Crippen MR) is 57.5 cm³/mol. The fourth-order valence-electron chi connectivity index (χ4n) is 1.75. The summed E-state index contributed by atoms with van der Waals surface area (Å²) in [7, 11) is 3.32. The van der Waals surface area contributed by atoms with Crippen LogP contribution < -0.4 is 9.47 Å². The lowest BCUT2D eigenvalue weighted by molar-refractivity contribution is 0.321. The van der Waals surface area contributed by atoms with Crippen LogP contribution in [0.25, 0.3) is 0 Å². The molecule has 0 bridgehead atoms. The molecule has 1 unspecified atom stereocenters. The molecule has 3 nitrogen and oxygen atoms in total. The zero-order valence-electron chi connectivity index (χ0n) is 9.53. The first-order valence-electron chi connectivity index (χ1n) is 4.98. The fraction of sp³-hybridized carbons (Fsp3) is 0.500. The molecule has 1 atom stereocenters. The van der Waals surface area contributed by atoms with Crippen LogP contribution in [0.2, 0.25) is 0 Å². The molecule has 0 aromatic heterocycles. The molecule has 1 aromatic rings. The van der Waals surface area contributed by atoms with Gasteiger partial charge in [-0.05, 0) is 32.0 Å². The van der Waals surface area contributed by atoms with Gasteiger partial charge in [0.25, 0.3) is 0 Å². The Kier molecular flexibility index (Phi) is 2.35. The van der Waals surface area contributed by atoms with E-state index in [4.69, 9.17) is 14.2 Å². The smallest absolute Gasteiger partial charge is 0.125 e. The van der Waals surface area contributed by atoms with Crippen LogP contribution in [-0.2, 0) is 4.74 Å². The summed E-state index contributed by atoms with van der Waals surface area (Å²) in [6, 6.07) is 5.77. The van der Waals surface area contributed by atoms with E-state index in [1.807, 2.05) is 18.2 Å². The highest BCUT2D eigenvalue weighted by Gasteiger charge is 2.50. The van der Waals surface area contributed by atoms with Crippen molar-refractivity contribution in [2.45, 2.75) is 25.6 Å². The van der Waals surface area contributed by atoms with E-state index in [-0.39, 0.29) is 11.7 Å². The van der Waals surface area contributed by atoms with Crippen molar-refractivity contribution in [3.05, 3.63) is 23.8 Å². The lowest BCUT2D eigenvalue weighted by atomic mass is 10.0. The molecule has 1 fully saturated rings. The second-order valence-corrected chi connectivity index (χ2v) is 4.21. The summed E-state index contributed by atoms with van der Waals surface area (Å²) in [4.78, 5) is 0. The van der Waals surface area contributed by atoms with Gasteiger partial charge in [0, 0.05) is 5.56 Å². The molecule has 0 aliphatic carbocycles. The Labute approximate surface area is 90.0 Å². The third kappa shape index (κ3) is 1.79. The van der Waals surface area contributed by atoms with Gasteiger partial charge in [-0.25, -0.2) is 0 Å². The maximum absolute atomic E-state index is 5.60. The molecule has 1 heterocycles. The quantitative estimate of drug-likeness (QED) is 0.715. The topological polar surface area (TPSA) is 31.0 Å². The minimum Gasteiger partial charge on any atom is -0.497 e. The Bertz CT molecular complexity index is 371. The minimum absolute atomic E-state index is 0.0837. The lowest BCUT2D eigenvalue weighted by Gasteiger charge is -2.09. The van der Waals surface area contributed by atoms with Gasteiger partial charge >= 0.3 is 0 Å². The molecule has 1 aromatic carbocycles. The van der Waals surface area contributed by atoms with Gasteiger partial charge in [0.1, 0.15) is 17.6 Å². The number of benzene rings is 1. The molecule has 2 rings (SSSR count). The number of epoxide rings is 1. The van der Waals surface area contributed by atoms with Gasteiger partial charge in [-0.1, -0.05) is 0 Å². The van der Waals surface area contributed by atoms with Crippen LogP contribution in [0.4, 0.5) is 0 Å². The Morgan fingerprint density at radius 3 is 2.33 bits per heavy atom. The van der Waals surface area contributed by atoms with Gasteiger partial charge < -0.3 is 14.2 Å². The zero-order valence-corrected chi connectivity index (χ0v) is 9.53. The first-order chi connectivity index (χ1) is 7.08. The molecule has 82 valence electrons. The standard InChI is InChI=1S/C12H16O3/c1-12(2)11(15-12)9-7-8(13-3)5-6-10(9)14-4/h5-7,11H,1-4H3. The molecule has 0 spiro atoms. The van der Waals surface area contributed by atoms with Crippen molar-refractivity contribution in [3.8, 4) is 11.5 Å². The van der Waals surface area contributed by atoms with Crippen LogP contribution >= 0.6 is 0 Å². The Balaban J connectivity index is 2.35. The van der Waals surface area contributed by atoms with E-state index in [0.29, 0.717) is 0 Å². The van der Waals surface area contributed by atoms with E-state index < -0.39 is 0 Å². The van der Waals surface area contributed by atoms with Crippen molar-refractivity contribution in [1.29, 1.82) is 0 Å². The summed E-state index contributed by atoms with van der Waals surface area (Å²) in [5.41, 5.74) is 0.974. The highest BCUT2D eigenvalue weighted by atomic mass is 16.6. The summed E-state index contributed by atoms with van der Waals surface area (Å²) in [5, 5.41) is 0. The molecule has 0 saturated carbocycles. The Morgan fingerprint density at radius 1 is 1.20 bits per heavy atom. The van der Waals surface area contributed by atoms with Crippen LogP contribution in [-0.4, -0.2) is 19.8 Å². The number of ether oxygens (including phenoxy) is 3. The minimum atomic E-state index is -0.0837. The molecule has 15 heavy (non-hydrogen) atoms. The van der Waals surface area contributed by atoms with Gasteiger partial charge in [0.2, 0.25) is 0 Å². The molecule has 0 radical (unpaired) electrons. The number of rotatable bonds is 3. The average Bonchev–Trinajstić information content (AvgIpc) is 2.86. The van der Waals surface area contributed by atoms with E-state index in [2.05, 4.69) is 13.8 Å². The third-order valence-corrected chi connectivity index (χ3v) is 2.72. The molecular weight excluding hydrogens is 192 g/mol. The second-order valence-electron chi connectivity index (χ2n) is 4.21. The first kappa shape index (κ1) is 10.3. The van der Waals surface area contributed by atoms with E-state index in [1.165, 1.54) is 0 Å². The van der Waals surface area contributed by atoms with Crippen LogP contribution in [0.3, 0.4) is 0 Å². The summed E-state index contributed by atoms with van der Waals surface area (Å²) in [5.74, 6) is 1.68. The number of hydrogen-bond acceptors (Lipinski definition) is 3. The van der Waals surface area contributed by atoms with Gasteiger partial charge in [0.15, 0.2) is 0 Å². The third-order valence-electron chi connectivity index (χ3n) is 2.72. The lowest BCUT2D eigenvalue weighted by Crippen LogP contribution is -2.00. The van der Waals surface area contributed by atoms with Crippen LogP contribution in [0.15, 0.2) is 18.2 Å². The molecule has 3 heteroatoms. The Hall–Kier alpha value is -1.22. The molecule has 0 N–H and O–H groups in total. The maximum atomic E-state index is 5.60. The van der Waals surface area contributed by atoms with E-state index in [0.717, 1.165) is 17.1 Å². The molecule has 1 aliphatic rings. The highest BCUT2D eigenvalue weighted by Crippen LogP contribution is 2.52. The van der Waals surface area contributed by atoms with Gasteiger partial charge in [0.05, 0.1) is 19.8 Å². The van der Waals surface area contributed by atoms with Crippen molar-refractivity contribution < 1.29 is 14.2 Å². The van der Waals surface area contributed by atoms with Crippen molar-refractivity contribution in [1.82, 2.24) is 0 Å². The number of hydrogen-bond donors (Lipinski definition) is 0. The largest absolute Gasteiger partial charge is 0.497 e. The zero-order chi connectivity index (χ0) is 11.1. The fourth-order valence-corrected chi connectivity index (χ4v) is 1.75. The van der Waals surface area contributed by atoms with Crippen molar-refractivity contribution in [2.75, 3.05) is 14.2 Å². The summed E-state index contributed by atoms with van der Waals surface area (Å²) >= 11 is 0. The van der Waals surface area contributed by atoms with Crippen LogP contribution in [0.5, 0.6) is 11.5 Å². The summed E-state index contributed by atoms with van der Waals surface area (Å²) in [6.07, 6.45) is 0.113. The van der Waals surface area contributed by atoms with Crippen molar-refractivity contribution in [3.63, 3.8) is 0 Å². The van der Waals surface area contributed by atoms with Crippen molar-refractivity contribution in [2.24, 2.45) is 0 Å². The normalized spacial score (nSPS) is 22.3. The first-order valence-corrected chi connectivity index (χ1v) is 4.98. The second kappa shape index (κ2) is 3.42. The molecular formula is C12H16O3. The van der Waals surface area contributed by atoms with Gasteiger partial charge in [-0.15, -0.1) is 0 Å². The van der Waals surface area contributed by atoms with E-state index >= 15 is 0 Å². The summed E-state index contributed by atoms with van der Waals surface area (Å²) < 4.78 is 16.1. The average molecular weight is 208 g/mol. The monoisotopic (exact) mass is 208 g/mol. The Morgan fingerprint density at radius 2 is 1.87 bits per heavy atom. The summed E-state index contributed by atoms with van der Waals surface area (Å²) in [6.45, 7) is 4.13. The van der Waals surface area contributed by atoms with Crippen LogP contribution in [0, 0.1) is 0 Å². The molecule has 1 saturated heterocycles. The van der Waals surface area contributed by atoms with E-state index in [9.17, 15) is 0 Å². The number of methoxy groups -OCH3 is 2. The molecule has 1 aliphatic heterocycles. The predicted octanol–water partition coefficient (Wildman–Crippen LogP) is 2.55. The SMILES string of the molecule is COc1ccc(OC)c(C2OC2(C)C)c1. The van der Waals surface area contributed by atoms with E-state index in [1.54, 1.807) is 14.2 Å². The molecule has 0 amide bonds.